The molecule has 0 aliphatic carbocycles. The number of nitrogens with zero attached hydrogens (tertiary/aromatic N) is 1. The first-order chi connectivity index (χ1) is 10.5. The molecule has 2 rings (SSSR count). The summed E-state index contributed by atoms with van der Waals surface area (Å²) in [6.45, 7) is 0.497. The van der Waals surface area contributed by atoms with Gasteiger partial charge in [-0.25, -0.2) is 5.43 Å². The number of carbonyl (C=O) groups is 1. The van der Waals surface area contributed by atoms with Gasteiger partial charge >= 0.3 is 6.61 Å². The number of aryl methyl sites for hydroxylation is 1. The van der Waals surface area contributed by atoms with E-state index in [-0.39, 0.29) is 11.7 Å². The maximum absolute atomic E-state index is 12.1. The highest BCUT2D eigenvalue weighted by atomic mass is 19.3. The smallest absolute Gasteiger partial charge is 0.387 e. The molecule has 0 saturated heterocycles. The molecule has 0 aliphatic rings. The first-order valence-corrected chi connectivity index (χ1v) is 6.41. The monoisotopic (exact) mass is 308 g/mol. The molecular formula is C15H14F2N2O3. The van der Waals surface area contributed by atoms with Crippen molar-refractivity contribution in [2.75, 3.05) is 0 Å². The second-order valence-electron chi connectivity index (χ2n) is 4.43. The number of halogens is 2. The number of benzene rings is 1. The van der Waals surface area contributed by atoms with Crippen LogP contribution in [0.4, 0.5) is 8.78 Å². The van der Waals surface area contributed by atoms with Crippen LogP contribution >= 0.6 is 0 Å². The fourth-order valence-corrected chi connectivity index (χ4v) is 1.76. The number of hydrogen-bond acceptors (Lipinski definition) is 4. The van der Waals surface area contributed by atoms with Crippen LogP contribution in [-0.4, -0.2) is 18.2 Å². The Hall–Kier alpha value is -2.70. The fourth-order valence-electron chi connectivity index (χ4n) is 1.76. The molecule has 0 aliphatic heterocycles. The highest BCUT2D eigenvalue weighted by Crippen LogP contribution is 2.15. The third kappa shape index (κ3) is 3.91. The number of nitrogens with one attached hydrogen (secondary N) is 1. The van der Waals surface area contributed by atoms with Gasteiger partial charge in [0.2, 0.25) is 0 Å². The molecule has 116 valence electrons. The minimum absolute atomic E-state index is 0.0598. The summed E-state index contributed by atoms with van der Waals surface area (Å²) in [7, 11) is 0. The molecule has 5 nitrogen and oxygen atoms in total. The Balaban J connectivity index is 2.03. The molecule has 0 saturated carbocycles. The van der Waals surface area contributed by atoms with Crippen LogP contribution in [-0.2, 0) is 0 Å². The molecule has 1 heterocycles. The van der Waals surface area contributed by atoms with Gasteiger partial charge in [-0.05, 0) is 49.7 Å². The van der Waals surface area contributed by atoms with Gasteiger partial charge in [-0.15, -0.1) is 0 Å². The highest BCUT2D eigenvalue weighted by Gasteiger charge is 2.10. The topological polar surface area (TPSA) is 63.8 Å². The van der Waals surface area contributed by atoms with Crippen molar-refractivity contribution in [2.24, 2.45) is 5.10 Å². The highest BCUT2D eigenvalue weighted by molar-refractivity contribution is 6.01. The molecule has 1 amide bonds. The van der Waals surface area contributed by atoms with E-state index in [2.05, 4.69) is 15.3 Å². The molecule has 0 fully saturated rings. The Kier molecular flexibility index (Phi) is 4.88. The Bertz CT molecular complexity index is 678. The Morgan fingerprint density at radius 1 is 1.27 bits per heavy atom. The molecule has 1 aromatic heterocycles. The number of alkyl halides is 2. The van der Waals surface area contributed by atoms with Gasteiger partial charge in [0.1, 0.15) is 11.5 Å². The first kappa shape index (κ1) is 15.7. The summed E-state index contributed by atoms with van der Waals surface area (Å²) in [6.07, 6.45) is 1.42. The van der Waals surface area contributed by atoms with Crippen LogP contribution in [0.2, 0.25) is 0 Å². The van der Waals surface area contributed by atoms with E-state index in [1.165, 1.54) is 18.4 Å². The first-order valence-electron chi connectivity index (χ1n) is 6.41. The summed E-state index contributed by atoms with van der Waals surface area (Å²) in [5.41, 5.74) is 4.01. The molecule has 22 heavy (non-hydrogen) atoms. The summed E-state index contributed by atoms with van der Waals surface area (Å²) < 4.78 is 33.4. The zero-order valence-electron chi connectivity index (χ0n) is 12.0. The van der Waals surface area contributed by atoms with E-state index in [1.807, 2.05) is 0 Å². The lowest BCUT2D eigenvalue weighted by Gasteiger charge is -2.06. The van der Waals surface area contributed by atoms with Crippen molar-refractivity contribution in [3.63, 3.8) is 0 Å². The largest absolute Gasteiger partial charge is 0.469 e. The van der Waals surface area contributed by atoms with Gasteiger partial charge in [-0.3, -0.25) is 4.79 Å². The van der Waals surface area contributed by atoms with Crippen LogP contribution in [0.15, 0.2) is 46.1 Å². The minimum atomic E-state index is -2.86. The van der Waals surface area contributed by atoms with Gasteiger partial charge in [0.05, 0.1) is 17.5 Å². The lowest BCUT2D eigenvalue weighted by molar-refractivity contribution is -0.0498. The standard InChI is InChI=1S/C15H14F2N2O3/c1-9(11-3-5-12(6-4-11)22-15(16)17)18-19-14(20)13-7-8-21-10(13)2/h3-8,15H,1-2H3,(H,19,20)/b18-9-. The van der Waals surface area contributed by atoms with E-state index in [9.17, 15) is 13.6 Å². The average molecular weight is 308 g/mol. The number of hydrogen-bond donors (Lipinski definition) is 1. The van der Waals surface area contributed by atoms with Gasteiger partial charge in [-0.1, -0.05) is 0 Å². The minimum Gasteiger partial charge on any atom is -0.469 e. The Morgan fingerprint density at radius 3 is 2.50 bits per heavy atom. The van der Waals surface area contributed by atoms with Crippen LogP contribution in [0.1, 0.15) is 28.6 Å². The number of ether oxygens (including phenoxy) is 1. The summed E-state index contributed by atoms with van der Waals surface area (Å²) in [5, 5.41) is 3.97. The zero-order valence-corrected chi connectivity index (χ0v) is 12.0. The summed E-state index contributed by atoms with van der Waals surface area (Å²) in [6, 6.07) is 7.51. The summed E-state index contributed by atoms with van der Waals surface area (Å²) in [5.74, 6) is 0.173. The van der Waals surface area contributed by atoms with E-state index in [1.54, 1.807) is 32.0 Å². The van der Waals surface area contributed by atoms with Crippen LogP contribution in [0.5, 0.6) is 5.75 Å². The number of carbonyl (C=O) groups excluding carboxylic acids is 1. The Labute approximate surface area is 125 Å². The quantitative estimate of drug-likeness (QED) is 0.680. The molecule has 0 bridgehead atoms. The van der Waals surface area contributed by atoms with Gasteiger partial charge in [0.25, 0.3) is 5.91 Å². The zero-order chi connectivity index (χ0) is 16.1. The van der Waals surface area contributed by atoms with Crippen molar-refractivity contribution in [3.8, 4) is 5.75 Å². The van der Waals surface area contributed by atoms with E-state index < -0.39 is 6.61 Å². The van der Waals surface area contributed by atoms with Gasteiger partial charge in [0, 0.05) is 0 Å². The number of hydrazone groups is 1. The molecule has 0 unspecified atom stereocenters. The van der Waals surface area contributed by atoms with Crippen LogP contribution in [0.3, 0.4) is 0 Å². The number of rotatable bonds is 5. The van der Waals surface area contributed by atoms with Crippen molar-refractivity contribution in [3.05, 3.63) is 53.5 Å². The molecule has 1 aromatic carbocycles. The number of furan rings is 1. The Morgan fingerprint density at radius 2 is 1.95 bits per heavy atom. The van der Waals surface area contributed by atoms with Crippen molar-refractivity contribution in [1.29, 1.82) is 0 Å². The molecule has 0 spiro atoms. The third-order valence-corrected chi connectivity index (χ3v) is 2.93. The van der Waals surface area contributed by atoms with E-state index in [0.717, 1.165) is 0 Å². The van der Waals surface area contributed by atoms with Crippen molar-refractivity contribution >= 4 is 11.6 Å². The second kappa shape index (κ2) is 6.84. The van der Waals surface area contributed by atoms with E-state index in [0.29, 0.717) is 22.6 Å². The fraction of sp³-hybridized carbons (Fsp3) is 0.200. The molecule has 0 radical (unpaired) electrons. The van der Waals surface area contributed by atoms with Crippen LogP contribution < -0.4 is 10.2 Å². The lowest BCUT2D eigenvalue weighted by Crippen LogP contribution is -2.19. The predicted octanol–water partition coefficient (Wildman–Crippen LogP) is 3.34. The van der Waals surface area contributed by atoms with Gasteiger partial charge in [-0.2, -0.15) is 13.9 Å². The molecule has 1 N–H and O–H groups in total. The second-order valence-corrected chi connectivity index (χ2v) is 4.43. The maximum Gasteiger partial charge on any atom is 0.387 e. The van der Waals surface area contributed by atoms with Crippen LogP contribution in [0, 0.1) is 6.92 Å². The average Bonchev–Trinajstić information content (AvgIpc) is 2.91. The molecule has 7 heteroatoms. The van der Waals surface area contributed by atoms with Gasteiger partial charge in [0.15, 0.2) is 0 Å². The summed E-state index contributed by atoms with van der Waals surface area (Å²) in [4.78, 5) is 11.9. The predicted molar refractivity (Wildman–Crippen MR) is 76.2 cm³/mol. The molecule has 2 aromatic rings. The van der Waals surface area contributed by atoms with E-state index in [4.69, 9.17) is 4.42 Å². The molecule has 0 atom stereocenters. The molecular weight excluding hydrogens is 294 g/mol. The lowest BCUT2D eigenvalue weighted by atomic mass is 10.1. The SMILES string of the molecule is C/C(=N/NC(=O)c1ccoc1C)c1ccc(OC(F)F)cc1. The van der Waals surface area contributed by atoms with Gasteiger partial charge < -0.3 is 9.15 Å². The van der Waals surface area contributed by atoms with Crippen molar-refractivity contribution < 1.29 is 22.7 Å². The number of amides is 1. The normalized spacial score (nSPS) is 11.6. The summed E-state index contributed by atoms with van der Waals surface area (Å²) >= 11 is 0. The third-order valence-electron chi connectivity index (χ3n) is 2.93. The van der Waals surface area contributed by atoms with Crippen molar-refractivity contribution in [1.82, 2.24) is 5.43 Å². The van der Waals surface area contributed by atoms with E-state index >= 15 is 0 Å². The van der Waals surface area contributed by atoms with Crippen LogP contribution in [0.25, 0.3) is 0 Å². The van der Waals surface area contributed by atoms with Crippen molar-refractivity contribution in [2.45, 2.75) is 20.5 Å². The maximum atomic E-state index is 12.1.